The van der Waals surface area contributed by atoms with Crippen molar-refractivity contribution in [1.82, 2.24) is 20.2 Å². The molecule has 4 rings (SSSR count). The van der Waals surface area contributed by atoms with Crippen LogP contribution < -0.4 is 16.1 Å². The number of allylic oxidation sites excluding steroid dienone is 2. The van der Waals surface area contributed by atoms with E-state index in [-0.39, 0.29) is 28.9 Å². The third kappa shape index (κ3) is 9.14. The monoisotopic (exact) mass is 690 g/mol. The molecule has 0 bridgehead atoms. The fourth-order valence-electron chi connectivity index (χ4n) is 5.41. The highest BCUT2D eigenvalue weighted by molar-refractivity contribution is 6.03. The topological polar surface area (TPSA) is 127 Å². The fourth-order valence-corrected chi connectivity index (χ4v) is 5.41. The van der Waals surface area contributed by atoms with Crippen LogP contribution in [0.3, 0.4) is 0 Å². The van der Waals surface area contributed by atoms with Crippen molar-refractivity contribution >= 4 is 11.6 Å². The van der Waals surface area contributed by atoms with Crippen molar-refractivity contribution in [1.29, 1.82) is 10.8 Å². The molecule has 49 heavy (non-hydrogen) atoms. The number of pyridine rings is 2. The summed E-state index contributed by atoms with van der Waals surface area (Å²) >= 11 is 0. The van der Waals surface area contributed by atoms with Crippen molar-refractivity contribution in [2.24, 2.45) is 13.0 Å². The summed E-state index contributed by atoms with van der Waals surface area (Å²) in [5.41, 5.74) is -4.14. The molecule has 1 aliphatic carbocycles. The molecule has 2 aromatic heterocycles. The Balaban J connectivity index is 1.80. The average molecular weight is 691 g/mol. The van der Waals surface area contributed by atoms with Gasteiger partial charge in [0.1, 0.15) is 34.1 Å². The average Bonchev–Trinajstić information content (AvgIpc) is 3.20. The van der Waals surface area contributed by atoms with Gasteiger partial charge in [-0.3, -0.25) is 15.6 Å². The van der Waals surface area contributed by atoms with E-state index in [1.165, 1.54) is 30.5 Å². The Morgan fingerprint density at radius 1 is 1.14 bits per heavy atom. The Kier molecular flexibility index (Phi) is 10.4. The number of nitrogens with zero attached hydrogens (tertiary/aromatic N) is 2. The molecule has 1 aliphatic rings. The zero-order valence-corrected chi connectivity index (χ0v) is 26.8. The van der Waals surface area contributed by atoms with Gasteiger partial charge in [0.05, 0.1) is 24.0 Å². The van der Waals surface area contributed by atoms with Crippen LogP contribution in [-0.4, -0.2) is 50.5 Å². The molecule has 260 valence electrons. The summed E-state index contributed by atoms with van der Waals surface area (Å²) in [4.78, 5) is 18.0. The number of amides is 1. The summed E-state index contributed by atoms with van der Waals surface area (Å²) in [6.45, 7) is 3.06. The second-order valence-corrected chi connectivity index (χ2v) is 12.3. The molecule has 2 heterocycles. The van der Waals surface area contributed by atoms with E-state index in [1.54, 1.807) is 25.4 Å². The van der Waals surface area contributed by atoms with E-state index in [4.69, 9.17) is 10.8 Å². The van der Waals surface area contributed by atoms with E-state index in [2.05, 4.69) is 27.5 Å². The minimum Gasteiger partial charge on any atom is -0.378 e. The standard InChI is InChI=1S/C34H33F7N6O2/c1-18-15-33(37,38)31(28(18)30(43)34(39,40)41)44-16-27(48)46-25(13-19-11-21(35)14-22(36)12-19)29-24(20-5-8-26(42)47(4)17-20)7-6-23(45-29)9-10-32(2,3)49/h5-8,11-12,14,17-18,25,42-44,49H,13,15-16H2,1-4H3,(H,46,48)/t18-,25?/m0/s1. The molecular weight excluding hydrogens is 657 g/mol. The van der Waals surface area contributed by atoms with Gasteiger partial charge in [-0.05, 0) is 79.6 Å². The quantitative estimate of drug-likeness (QED) is 0.116. The number of aryl methyl sites for hydroxylation is 1. The first kappa shape index (κ1) is 36.9. The molecule has 0 aliphatic heterocycles. The van der Waals surface area contributed by atoms with E-state index in [0.717, 1.165) is 19.1 Å². The van der Waals surface area contributed by atoms with Gasteiger partial charge in [0.2, 0.25) is 5.91 Å². The van der Waals surface area contributed by atoms with Gasteiger partial charge in [-0.1, -0.05) is 12.8 Å². The number of hydrogen-bond acceptors (Lipinski definition) is 6. The first-order chi connectivity index (χ1) is 22.6. The second kappa shape index (κ2) is 13.9. The van der Waals surface area contributed by atoms with E-state index in [0.29, 0.717) is 17.2 Å². The summed E-state index contributed by atoms with van der Waals surface area (Å²) in [6.07, 6.45) is -4.90. The Bertz CT molecular complexity index is 1910. The van der Waals surface area contributed by atoms with Crippen LogP contribution in [0.25, 0.3) is 11.1 Å². The lowest BCUT2D eigenvalue weighted by atomic mass is 9.95. The molecule has 8 nitrogen and oxygen atoms in total. The number of benzene rings is 1. The highest BCUT2D eigenvalue weighted by Crippen LogP contribution is 2.44. The molecule has 0 fully saturated rings. The Labute approximate surface area is 277 Å². The lowest BCUT2D eigenvalue weighted by molar-refractivity contribution is -0.121. The molecule has 15 heteroatoms. The van der Waals surface area contributed by atoms with Crippen molar-refractivity contribution in [3.63, 3.8) is 0 Å². The van der Waals surface area contributed by atoms with Gasteiger partial charge in [-0.15, -0.1) is 0 Å². The number of hydrogen-bond donors (Lipinski definition) is 5. The zero-order chi connectivity index (χ0) is 36.5. The highest BCUT2D eigenvalue weighted by atomic mass is 19.4. The molecule has 1 unspecified atom stereocenters. The van der Waals surface area contributed by atoms with Gasteiger partial charge in [0, 0.05) is 36.9 Å². The summed E-state index contributed by atoms with van der Waals surface area (Å²) in [6, 6.07) is 7.68. The van der Waals surface area contributed by atoms with E-state index in [1.807, 2.05) is 0 Å². The number of aromatic nitrogens is 2. The molecule has 3 aromatic rings. The number of carbonyl (C=O) groups is 1. The molecule has 0 radical (unpaired) electrons. The van der Waals surface area contributed by atoms with Crippen LogP contribution in [0.15, 0.2) is 59.9 Å². The number of rotatable bonds is 9. The molecule has 1 amide bonds. The summed E-state index contributed by atoms with van der Waals surface area (Å²) < 4.78 is 99.9. The minimum atomic E-state index is -5.21. The first-order valence-corrected chi connectivity index (χ1v) is 14.9. The molecular formula is C34H33F7N6O2. The van der Waals surface area contributed by atoms with Crippen molar-refractivity contribution in [3.05, 3.63) is 94.0 Å². The number of halogens is 7. The van der Waals surface area contributed by atoms with Crippen molar-refractivity contribution in [3.8, 4) is 23.0 Å². The van der Waals surface area contributed by atoms with Crippen molar-refractivity contribution in [2.75, 3.05) is 6.54 Å². The first-order valence-electron chi connectivity index (χ1n) is 14.9. The van der Waals surface area contributed by atoms with Crippen LogP contribution in [0.1, 0.15) is 50.2 Å². The van der Waals surface area contributed by atoms with Crippen LogP contribution in [0.2, 0.25) is 0 Å². The zero-order valence-electron chi connectivity index (χ0n) is 26.8. The summed E-state index contributed by atoms with van der Waals surface area (Å²) in [7, 11) is 1.61. The number of aliphatic hydroxyl groups is 1. The second-order valence-electron chi connectivity index (χ2n) is 12.3. The third-order valence-electron chi connectivity index (χ3n) is 7.56. The maximum atomic E-state index is 14.9. The normalized spacial score (nSPS) is 16.5. The molecule has 0 saturated heterocycles. The Morgan fingerprint density at radius 2 is 1.80 bits per heavy atom. The van der Waals surface area contributed by atoms with Crippen molar-refractivity contribution in [2.45, 2.75) is 57.4 Å². The molecule has 5 N–H and O–H groups in total. The van der Waals surface area contributed by atoms with Crippen molar-refractivity contribution < 1.29 is 40.6 Å². The third-order valence-corrected chi connectivity index (χ3v) is 7.56. The van der Waals surface area contributed by atoms with Crippen LogP contribution >= 0.6 is 0 Å². The van der Waals surface area contributed by atoms with Crippen LogP contribution in [0.4, 0.5) is 30.7 Å². The molecule has 0 saturated carbocycles. The largest absolute Gasteiger partial charge is 0.433 e. The molecule has 1 aromatic carbocycles. The Morgan fingerprint density at radius 3 is 2.39 bits per heavy atom. The number of nitrogens with one attached hydrogen (secondary N) is 4. The number of alkyl halides is 5. The summed E-state index contributed by atoms with van der Waals surface area (Å²) in [5.74, 6) is -2.60. The van der Waals surface area contributed by atoms with Crippen LogP contribution in [0.5, 0.6) is 0 Å². The van der Waals surface area contributed by atoms with Gasteiger partial charge in [0.25, 0.3) is 5.92 Å². The molecule has 2 atom stereocenters. The minimum absolute atomic E-state index is 0.0725. The highest BCUT2D eigenvalue weighted by Gasteiger charge is 2.51. The van der Waals surface area contributed by atoms with Gasteiger partial charge < -0.3 is 20.3 Å². The van der Waals surface area contributed by atoms with Crippen LogP contribution in [0, 0.1) is 40.2 Å². The lowest BCUT2D eigenvalue weighted by Gasteiger charge is -2.23. The van der Waals surface area contributed by atoms with E-state index < -0.39 is 77.1 Å². The predicted molar refractivity (Wildman–Crippen MR) is 166 cm³/mol. The SMILES string of the molecule is C[C@H]1CC(F)(F)C(NCC(=O)NC(Cc2cc(F)cc(F)c2)c2nc(C#CC(C)(C)O)ccc2-c2ccc(=N)n(C)c2)=C1C(=N)C(F)(F)F. The van der Waals surface area contributed by atoms with Crippen LogP contribution in [-0.2, 0) is 18.3 Å². The summed E-state index contributed by atoms with van der Waals surface area (Å²) in [5, 5.41) is 30.4. The predicted octanol–water partition coefficient (Wildman–Crippen LogP) is 5.47. The lowest BCUT2D eigenvalue weighted by Crippen LogP contribution is -2.40. The van der Waals surface area contributed by atoms with Gasteiger partial charge in [-0.2, -0.15) is 22.0 Å². The maximum absolute atomic E-state index is 14.9. The van der Waals surface area contributed by atoms with E-state index in [9.17, 15) is 40.6 Å². The van der Waals surface area contributed by atoms with E-state index >= 15 is 0 Å². The Hall–Kier alpha value is -4.97. The maximum Gasteiger partial charge on any atom is 0.433 e. The fraction of sp³-hybridized carbons (Fsp3) is 0.353. The van der Waals surface area contributed by atoms with Gasteiger partial charge in [0.15, 0.2) is 0 Å². The van der Waals surface area contributed by atoms with Gasteiger partial charge in [-0.25, -0.2) is 13.8 Å². The molecule has 0 spiro atoms. The number of carbonyl (C=O) groups excluding carboxylic acids is 1. The van der Waals surface area contributed by atoms with Gasteiger partial charge >= 0.3 is 6.18 Å². The smallest absolute Gasteiger partial charge is 0.378 e.